The largest absolute Gasteiger partial charge is 0.367 e. The molecule has 1 aliphatic rings. The van der Waals surface area contributed by atoms with Crippen molar-refractivity contribution >= 4 is 5.78 Å². The van der Waals surface area contributed by atoms with Crippen molar-refractivity contribution in [3.63, 3.8) is 0 Å². The van der Waals surface area contributed by atoms with Crippen LogP contribution in [-0.2, 0) is 16.0 Å². The van der Waals surface area contributed by atoms with Crippen molar-refractivity contribution in [1.82, 2.24) is 0 Å². The minimum absolute atomic E-state index is 0.0356. The second-order valence-electron chi connectivity index (χ2n) is 5.68. The zero-order valence-electron chi connectivity index (χ0n) is 12.5. The van der Waals surface area contributed by atoms with Gasteiger partial charge in [-0.05, 0) is 31.4 Å². The highest BCUT2D eigenvalue weighted by Gasteiger charge is 2.38. The maximum Gasteiger partial charge on any atom is 0.169 e. The standard InChI is InChI=1S/C17H22F2O2/c1-2-21-17(9-5-3-4-6-10-17)16(20)11-13-7-8-14(18)12-15(13)19/h7-8,12H,2-6,9-11H2,1H3. The Balaban J connectivity index is 2.18. The summed E-state index contributed by atoms with van der Waals surface area (Å²) in [6.07, 6.45) is 5.48. The number of benzene rings is 1. The second kappa shape index (κ2) is 7.12. The third-order valence-corrected chi connectivity index (χ3v) is 4.21. The Bertz CT molecular complexity index is 492. The van der Waals surface area contributed by atoms with E-state index in [1.54, 1.807) is 0 Å². The molecule has 0 aliphatic heterocycles. The van der Waals surface area contributed by atoms with Gasteiger partial charge in [0.1, 0.15) is 17.2 Å². The molecular formula is C17H22F2O2. The average molecular weight is 296 g/mol. The summed E-state index contributed by atoms with van der Waals surface area (Å²) < 4.78 is 32.5. The SMILES string of the molecule is CCOC1(C(=O)Cc2ccc(F)cc2F)CCCCCC1. The Morgan fingerprint density at radius 1 is 1.19 bits per heavy atom. The molecule has 0 amide bonds. The molecule has 0 aromatic heterocycles. The first-order valence-electron chi connectivity index (χ1n) is 7.68. The Labute approximate surface area is 124 Å². The van der Waals surface area contributed by atoms with Crippen LogP contribution in [0.15, 0.2) is 18.2 Å². The zero-order chi connectivity index (χ0) is 15.3. The first kappa shape index (κ1) is 16.1. The van der Waals surface area contributed by atoms with Crippen molar-refractivity contribution in [3.8, 4) is 0 Å². The van der Waals surface area contributed by atoms with Crippen LogP contribution >= 0.6 is 0 Å². The van der Waals surface area contributed by atoms with Crippen LogP contribution in [0, 0.1) is 11.6 Å². The predicted molar refractivity (Wildman–Crippen MR) is 77.1 cm³/mol. The molecule has 1 aromatic rings. The van der Waals surface area contributed by atoms with Crippen molar-refractivity contribution < 1.29 is 18.3 Å². The van der Waals surface area contributed by atoms with Crippen LogP contribution in [0.4, 0.5) is 8.78 Å². The fraction of sp³-hybridized carbons (Fsp3) is 0.588. The van der Waals surface area contributed by atoms with E-state index in [-0.39, 0.29) is 17.8 Å². The molecule has 4 heteroatoms. The van der Waals surface area contributed by atoms with Gasteiger partial charge in [-0.2, -0.15) is 0 Å². The number of ketones is 1. The first-order valence-corrected chi connectivity index (χ1v) is 7.68. The maximum absolute atomic E-state index is 13.7. The molecule has 0 atom stereocenters. The maximum atomic E-state index is 13.7. The fourth-order valence-corrected chi connectivity index (χ4v) is 3.08. The highest BCUT2D eigenvalue weighted by Crippen LogP contribution is 2.32. The van der Waals surface area contributed by atoms with Crippen LogP contribution in [0.3, 0.4) is 0 Å². The molecular weight excluding hydrogens is 274 g/mol. The third kappa shape index (κ3) is 3.88. The lowest BCUT2D eigenvalue weighted by Gasteiger charge is -2.31. The molecule has 0 heterocycles. The number of hydrogen-bond donors (Lipinski definition) is 0. The van der Waals surface area contributed by atoms with Gasteiger partial charge in [0.05, 0.1) is 0 Å². The summed E-state index contributed by atoms with van der Waals surface area (Å²) in [5.74, 6) is -1.38. The number of rotatable bonds is 5. The van der Waals surface area contributed by atoms with Gasteiger partial charge in [-0.3, -0.25) is 4.79 Å². The van der Waals surface area contributed by atoms with Gasteiger partial charge in [-0.15, -0.1) is 0 Å². The number of halogens is 2. The number of Topliss-reactive ketones (excluding diaryl/α,β-unsaturated/α-hetero) is 1. The van der Waals surface area contributed by atoms with E-state index in [0.29, 0.717) is 19.4 Å². The molecule has 1 aliphatic carbocycles. The molecule has 0 spiro atoms. The zero-order valence-corrected chi connectivity index (χ0v) is 12.5. The van der Waals surface area contributed by atoms with Crippen LogP contribution in [0.1, 0.15) is 51.0 Å². The normalized spacial score (nSPS) is 18.2. The van der Waals surface area contributed by atoms with Crippen molar-refractivity contribution in [2.75, 3.05) is 6.61 Å². The predicted octanol–water partition coefficient (Wildman–Crippen LogP) is 4.21. The van der Waals surface area contributed by atoms with Gasteiger partial charge in [-0.25, -0.2) is 8.78 Å². The number of ether oxygens (including phenoxy) is 1. The second-order valence-corrected chi connectivity index (χ2v) is 5.68. The lowest BCUT2D eigenvalue weighted by Crippen LogP contribution is -2.42. The lowest BCUT2D eigenvalue weighted by atomic mass is 9.86. The van der Waals surface area contributed by atoms with Gasteiger partial charge in [0.25, 0.3) is 0 Å². The molecule has 116 valence electrons. The molecule has 2 nitrogen and oxygen atoms in total. The van der Waals surface area contributed by atoms with E-state index in [1.807, 2.05) is 6.92 Å². The molecule has 21 heavy (non-hydrogen) atoms. The Kier molecular flexibility index (Phi) is 5.45. The number of carbonyl (C=O) groups excluding carboxylic acids is 1. The van der Waals surface area contributed by atoms with E-state index in [9.17, 15) is 13.6 Å². The van der Waals surface area contributed by atoms with Crippen molar-refractivity contribution in [1.29, 1.82) is 0 Å². The van der Waals surface area contributed by atoms with E-state index in [1.165, 1.54) is 12.1 Å². The summed E-state index contributed by atoms with van der Waals surface area (Å²) in [5.41, 5.74) is -0.545. The van der Waals surface area contributed by atoms with E-state index >= 15 is 0 Å². The highest BCUT2D eigenvalue weighted by atomic mass is 19.1. The molecule has 0 N–H and O–H groups in total. The van der Waals surface area contributed by atoms with E-state index in [2.05, 4.69) is 0 Å². The molecule has 0 radical (unpaired) electrons. The minimum atomic E-state index is -0.786. The first-order chi connectivity index (χ1) is 10.1. The summed E-state index contributed by atoms with van der Waals surface area (Å²) in [7, 11) is 0. The quantitative estimate of drug-likeness (QED) is 0.761. The van der Waals surface area contributed by atoms with Crippen LogP contribution in [0.2, 0.25) is 0 Å². The van der Waals surface area contributed by atoms with Gasteiger partial charge in [0.2, 0.25) is 0 Å². The number of carbonyl (C=O) groups is 1. The third-order valence-electron chi connectivity index (χ3n) is 4.21. The molecule has 0 unspecified atom stereocenters. The van der Waals surface area contributed by atoms with Crippen LogP contribution in [-0.4, -0.2) is 18.0 Å². The van der Waals surface area contributed by atoms with E-state index < -0.39 is 17.2 Å². The fourth-order valence-electron chi connectivity index (χ4n) is 3.08. The van der Waals surface area contributed by atoms with Crippen LogP contribution in [0.25, 0.3) is 0 Å². The highest BCUT2D eigenvalue weighted by molar-refractivity contribution is 5.89. The summed E-state index contributed by atoms with van der Waals surface area (Å²) in [6, 6.07) is 3.36. The Morgan fingerprint density at radius 3 is 2.43 bits per heavy atom. The summed E-state index contributed by atoms with van der Waals surface area (Å²) >= 11 is 0. The smallest absolute Gasteiger partial charge is 0.169 e. The van der Waals surface area contributed by atoms with Crippen molar-refractivity contribution in [2.24, 2.45) is 0 Å². The van der Waals surface area contributed by atoms with Crippen molar-refractivity contribution in [3.05, 3.63) is 35.4 Å². The molecule has 1 fully saturated rings. The topological polar surface area (TPSA) is 26.3 Å². The number of hydrogen-bond acceptors (Lipinski definition) is 2. The molecule has 1 aromatic carbocycles. The van der Waals surface area contributed by atoms with Gasteiger partial charge in [0.15, 0.2) is 5.78 Å². The average Bonchev–Trinajstić information content (AvgIpc) is 2.69. The van der Waals surface area contributed by atoms with Crippen molar-refractivity contribution in [2.45, 2.75) is 57.5 Å². The Morgan fingerprint density at radius 2 is 1.86 bits per heavy atom. The summed E-state index contributed by atoms with van der Waals surface area (Å²) in [5, 5.41) is 0. The molecule has 2 rings (SSSR count). The summed E-state index contributed by atoms with van der Waals surface area (Å²) in [4.78, 5) is 12.7. The van der Waals surface area contributed by atoms with E-state index in [0.717, 1.165) is 31.7 Å². The lowest BCUT2D eigenvalue weighted by molar-refractivity contribution is -0.145. The summed E-state index contributed by atoms with van der Waals surface area (Å²) in [6.45, 7) is 2.34. The van der Waals surface area contributed by atoms with Gasteiger partial charge >= 0.3 is 0 Å². The molecule has 1 saturated carbocycles. The van der Waals surface area contributed by atoms with Gasteiger partial charge in [0, 0.05) is 19.1 Å². The van der Waals surface area contributed by atoms with Crippen LogP contribution in [0.5, 0.6) is 0 Å². The van der Waals surface area contributed by atoms with Crippen LogP contribution < -0.4 is 0 Å². The van der Waals surface area contributed by atoms with Gasteiger partial charge < -0.3 is 4.74 Å². The van der Waals surface area contributed by atoms with E-state index in [4.69, 9.17) is 4.74 Å². The molecule has 0 saturated heterocycles. The molecule has 0 bridgehead atoms. The van der Waals surface area contributed by atoms with Gasteiger partial charge in [-0.1, -0.05) is 31.7 Å². The Hall–Kier alpha value is -1.29. The minimum Gasteiger partial charge on any atom is -0.367 e. The monoisotopic (exact) mass is 296 g/mol.